The second-order valence-electron chi connectivity index (χ2n) is 6.54. The molecule has 0 aliphatic carbocycles. The van der Waals surface area contributed by atoms with Gasteiger partial charge in [-0.2, -0.15) is 0 Å². The van der Waals surface area contributed by atoms with Crippen LogP contribution in [0.1, 0.15) is 27.2 Å². The Balaban J connectivity index is 1.58. The second kappa shape index (κ2) is 6.59. The number of carbonyl (C=O) groups is 1. The summed E-state index contributed by atoms with van der Waals surface area (Å²) in [4.78, 5) is 23.3. The molecule has 1 N–H and O–H groups in total. The molecule has 2 aromatic carbocycles. The molecule has 0 saturated heterocycles. The van der Waals surface area contributed by atoms with Crippen LogP contribution in [0, 0.1) is 13.8 Å². The number of para-hydroxylation sites is 1. The number of aryl methyl sites for hydroxylation is 2. The molecule has 2 heterocycles. The molecule has 4 rings (SSSR count). The first kappa shape index (κ1) is 16.3. The number of fused-ring (bicyclic) bond motifs is 1. The lowest BCUT2D eigenvalue weighted by Crippen LogP contribution is -2.18. The zero-order valence-electron chi connectivity index (χ0n) is 14.9. The van der Waals surface area contributed by atoms with Gasteiger partial charge in [0.25, 0.3) is 5.91 Å². The molecule has 0 radical (unpaired) electrons. The van der Waals surface area contributed by atoms with E-state index in [-0.39, 0.29) is 5.91 Å². The van der Waals surface area contributed by atoms with Gasteiger partial charge in [-0.3, -0.25) is 4.79 Å². The van der Waals surface area contributed by atoms with E-state index in [1.165, 1.54) is 17.5 Å². The van der Waals surface area contributed by atoms with Crippen molar-refractivity contribution in [2.45, 2.75) is 20.3 Å². The molecule has 1 amide bonds. The van der Waals surface area contributed by atoms with Gasteiger partial charge in [0.15, 0.2) is 0 Å². The van der Waals surface area contributed by atoms with Crippen molar-refractivity contribution >= 4 is 23.1 Å². The van der Waals surface area contributed by atoms with Crippen molar-refractivity contribution in [1.82, 2.24) is 9.97 Å². The SMILES string of the molecule is Cc1ccc(NC(=O)c2cc(N3CCc4ccccc43)ncn2)cc1C. The van der Waals surface area contributed by atoms with Gasteiger partial charge in [-0.1, -0.05) is 24.3 Å². The Morgan fingerprint density at radius 1 is 1.04 bits per heavy atom. The number of amides is 1. The summed E-state index contributed by atoms with van der Waals surface area (Å²) >= 11 is 0. The number of hydrogen-bond acceptors (Lipinski definition) is 4. The van der Waals surface area contributed by atoms with E-state index in [2.05, 4.69) is 32.3 Å². The highest BCUT2D eigenvalue weighted by Gasteiger charge is 2.22. The van der Waals surface area contributed by atoms with Crippen LogP contribution >= 0.6 is 0 Å². The fourth-order valence-corrected chi connectivity index (χ4v) is 3.21. The molecule has 0 spiro atoms. The summed E-state index contributed by atoms with van der Waals surface area (Å²) < 4.78 is 0. The molecular formula is C21H20N4O. The molecule has 1 aliphatic rings. The number of nitrogens with one attached hydrogen (secondary N) is 1. The van der Waals surface area contributed by atoms with Crippen LogP contribution in [-0.4, -0.2) is 22.4 Å². The van der Waals surface area contributed by atoms with Crippen molar-refractivity contribution < 1.29 is 4.79 Å². The molecule has 5 nitrogen and oxygen atoms in total. The molecule has 0 fully saturated rings. The van der Waals surface area contributed by atoms with Gasteiger partial charge in [0.05, 0.1) is 0 Å². The second-order valence-corrected chi connectivity index (χ2v) is 6.54. The lowest BCUT2D eigenvalue weighted by atomic mass is 10.1. The van der Waals surface area contributed by atoms with Crippen molar-refractivity contribution in [3.63, 3.8) is 0 Å². The minimum atomic E-state index is -0.232. The molecule has 5 heteroatoms. The Labute approximate surface area is 152 Å². The van der Waals surface area contributed by atoms with Crippen molar-refractivity contribution in [2.75, 3.05) is 16.8 Å². The maximum Gasteiger partial charge on any atom is 0.274 e. The summed E-state index contributed by atoms with van der Waals surface area (Å²) in [7, 11) is 0. The van der Waals surface area contributed by atoms with Crippen LogP contribution in [0.3, 0.4) is 0 Å². The van der Waals surface area contributed by atoms with Crippen LogP contribution in [0.2, 0.25) is 0 Å². The zero-order valence-corrected chi connectivity index (χ0v) is 14.9. The molecule has 0 atom stereocenters. The monoisotopic (exact) mass is 344 g/mol. The number of nitrogens with zero attached hydrogens (tertiary/aromatic N) is 3. The number of rotatable bonds is 3. The lowest BCUT2D eigenvalue weighted by molar-refractivity contribution is 0.102. The topological polar surface area (TPSA) is 58.1 Å². The number of benzene rings is 2. The Bertz CT molecular complexity index is 983. The first-order valence-electron chi connectivity index (χ1n) is 8.68. The fraction of sp³-hybridized carbons (Fsp3) is 0.190. The van der Waals surface area contributed by atoms with Gasteiger partial charge in [-0.05, 0) is 55.2 Å². The maximum absolute atomic E-state index is 12.6. The standard InChI is InChI=1S/C21H20N4O/c1-14-7-8-17(11-15(14)2)24-21(26)18-12-20(23-13-22-18)25-10-9-16-5-3-4-6-19(16)25/h3-8,11-13H,9-10H2,1-2H3,(H,24,26). The minimum absolute atomic E-state index is 0.232. The summed E-state index contributed by atoms with van der Waals surface area (Å²) in [6.45, 7) is 4.93. The summed E-state index contributed by atoms with van der Waals surface area (Å²) in [6.07, 6.45) is 2.43. The third kappa shape index (κ3) is 3.04. The normalized spacial score (nSPS) is 12.8. The third-order valence-corrected chi connectivity index (χ3v) is 4.81. The molecule has 1 aromatic heterocycles. The Hall–Kier alpha value is -3.21. The molecule has 130 valence electrons. The quantitative estimate of drug-likeness (QED) is 0.779. The lowest BCUT2D eigenvalue weighted by Gasteiger charge is -2.18. The Morgan fingerprint density at radius 3 is 2.73 bits per heavy atom. The van der Waals surface area contributed by atoms with Gasteiger partial charge in [-0.25, -0.2) is 9.97 Å². The zero-order chi connectivity index (χ0) is 18.1. The average Bonchev–Trinajstić information content (AvgIpc) is 3.09. The first-order valence-corrected chi connectivity index (χ1v) is 8.68. The van der Waals surface area contributed by atoms with E-state index in [0.717, 1.165) is 35.7 Å². The molecular weight excluding hydrogens is 324 g/mol. The van der Waals surface area contributed by atoms with Gasteiger partial charge in [0.1, 0.15) is 17.8 Å². The number of aromatic nitrogens is 2. The number of hydrogen-bond donors (Lipinski definition) is 1. The highest BCUT2D eigenvalue weighted by atomic mass is 16.1. The van der Waals surface area contributed by atoms with E-state index in [0.29, 0.717) is 5.69 Å². The van der Waals surface area contributed by atoms with Crippen LogP contribution in [0.15, 0.2) is 54.9 Å². The third-order valence-electron chi connectivity index (χ3n) is 4.81. The summed E-state index contributed by atoms with van der Waals surface area (Å²) in [6, 6.07) is 15.9. The van der Waals surface area contributed by atoms with Crippen molar-refractivity contribution in [2.24, 2.45) is 0 Å². The minimum Gasteiger partial charge on any atom is -0.326 e. The van der Waals surface area contributed by atoms with Crippen LogP contribution < -0.4 is 10.2 Å². The number of carbonyl (C=O) groups excluding carboxylic acids is 1. The van der Waals surface area contributed by atoms with E-state index >= 15 is 0 Å². The summed E-state index contributed by atoms with van der Waals surface area (Å²) in [5.74, 6) is 0.513. The van der Waals surface area contributed by atoms with Crippen LogP contribution in [0.5, 0.6) is 0 Å². The first-order chi connectivity index (χ1) is 12.6. The molecule has 0 bridgehead atoms. The van der Waals surface area contributed by atoms with Gasteiger partial charge < -0.3 is 10.2 Å². The van der Waals surface area contributed by atoms with Crippen molar-refractivity contribution in [3.8, 4) is 0 Å². The van der Waals surface area contributed by atoms with Gasteiger partial charge >= 0.3 is 0 Å². The molecule has 3 aromatic rings. The van der Waals surface area contributed by atoms with E-state index in [1.54, 1.807) is 6.07 Å². The van der Waals surface area contributed by atoms with Crippen LogP contribution in [-0.2, 0) is 6.42 Å². The van der Waals surface area contributed by atoms with E-state index in [1.807, 2.05) is 44.2 Å². The Kier molecular flexibility index (Phi) is 4.13. The maximum atomic E-state index is 12.6. The van der Waals surface area contributed by atoms with Crippen LogP contribution in [0.25, 0.3) is 0 Å². The Morgan fingerprint density at radius 2 is 1.88 bits per heavy atom. The van der Waals surface area contributed by atoms with Crippen molar-refractivity contribution in [3.05, 3.63) is 77.2 Å². The number of anilines is 3. The summed E-state index contributed by atoms with van der Waals surface area (Å²) in [5, 5.41) is 2.92. The average molecular weight is 344 g/mol. The van der Waals surface area contributed by atoms with E-state index in [4.69, 9.17) is 0 Å². The van der Waals surface area contributed by atoms with E-state index in [9.17, 15) is 4.79 Å². The predicted octanol–water partition coefficient (Wildman–Crippen LogP) is 4.04. The molecule has 0 saturated carbocycles. The van der Waals surface area contributed by atoms with Crippen molar-refractivity contribution in [1.29, 1.82) is 0 Å². The largest absolute Gasteiger partial charge is 0.326 e. The van der Waals surface area contributed by atoms with Gasteiger partial charge in [0.2, 0.25) is 0 Å². The molecule has 0 unspecified atom stereocenters. The highest BCUT2D eigenvalue weighted by Crippen LogP contribution is 2.33. The highest BCUT2D eigenvalue weighted by molar-refractivity contribution is 6.03. The summed E-state index contributed by atoms with van der Waals surface area (Å²) in [5.41, 5.74) is 5.90. The van der Waals surface area contributed by atoms with Crippen LogP contribution in [0.4, 0.5) is 17.2 Å². The van der Waals surface area contributed by atoms with Gasteiger partial charge in [0, 0.05) is 24.0 Å². The van der Waals surface area contributed by atoms with Gasteiger partial charge in [-0.15, -0.1) is 0 Å². The smallest absolute Gasteiger partial charge is 0.274 e. The molecule has 26 heavy (non-hydrogen) atoms. The predicted molar refractivity (Wildman–Crippen MR) is 103 cm³/mol. The molecule has 1 aliphatic heterocycles. The fourth-order valence-electron chi connectivity index (χ4n) is 3.21. The van der Waals surface area contributed by atoms with E-state index < -0.39 is 0 Å².